The van der Waals surface area contributed by atoms with Crippen molar-refractivity contribution in [3.05, 3.63) is 59.7 Å². The highest BCUT2D eigenvalue weighted by molar-refractivity contribution is 5.79. The molecule has 0 radical (unpaired) electrons. The minimum absolute atomic E-state index is 0.0637. The molecule has 0 aromatic heterocycles. The Kier molecular flexibility index (Phi) is 5.17. The molecule has 2 atom stereocenters. The van der Waals surface area contributed by atoms with Crippen molar-refractivity contribution >= 4 is 6.09 Å². The van der Waals surface area contributed by atoms with E-state index in [0.717, 1.165) is 32.1 Å². The zero-order chi connectivity index (χ0) is 18.8. The third kappa shape index (κ3) is 3.46. The molecule has 4 rings (SSSR count). The fourth-order valence-electron chi connectivity index (χ4n) is 4.55. The van der Waals surface area contributed by atoms with E-state index in [1.165, 1.54) is 22.3 Å². The van der Waals surface area contributed by atoms with Gasteiger partial charge in [-0.25, -0.2) is 4.79 Å². The van der Waals surface area contributed by atoms with Crippen LogP contribution in [0.3, 0.4) is 0 Å². The van der Waals surface area contributed by atoms with E-state index in [-0.39, 0.29) is 18.1 Å². The Morgan fingerprint density at radius 3 is 2.26 bits per heavy atom. The maximum absolute atomic E-state index is 12.7. The average molecular weight is 365 g/mol. The Labute approximate surface area is 160 Å². The largest absolute Gasteiger partial charge is 0.448 e. The van der Waals surface area contributed by atoms with Crippen LogP contribution in [0.2, 0.25) is 0 Å². The SMILES string of the molecule is CN(C(=O)OCC1c2ccccc2-c2ccccc21)[C@@H]1CCCCC[C@H]1O. The highest BCUT2D eigenvalue weighted by Crippen LogP contribution is 2.44. The number of rotatable bonds is 3. The monoisotopic (exact) mass is 365 g/mol. The van der Waals surface area contributed by atoms with Gasteiger partial charge in [0.05, 0.1) is 12.1 Å². The van der Waals surface area contributed by atoms with Gasteiger partial charge in [0.15, 0.2) is 0 Å². The van der Waals surface area contributed by atoms with E-state index >= 15 is 0 Å². The van der Waals surface area contributed by atoms with Gasteiger partial charge in [-0.05, 0) is 35.1 Å². The Morgan fingerprint density at radius 1 is 1.00 bits per heavy atom. The lowest BCUT2D eigenvalue weighted by Crippen LogP contribution is -2.44. The number of amides is 1. The lowest BCUT2D eigenvalue weighted by Gasteiger charge is -2.30. The summed E-state index contributed by atoms with van der Waals surface area (Å²) in [6, 6.07) is 16.5. The summed E-state index contributed by atoms with van der Waals surface area (Å²) in [4.78, 5) is 14.3. The maximum atomic E-state index is 12.7. The molecule has 0 heterocycles. The van der Waals surface area contributed by atoms with E-state index in [1.807, 2.05) is 24.3 Å². The first-order chi connectivity index (χ1) is 13.2. The molecule has 2 aromatic rings. The Bertz CT molecular complexity index is 773. The first kappa shape index (κ1) is 18.1. The van der Waals surface area contributed by atoms with Gasteiger partial charge in [0, 0.05) is 13.0 Å². The van der Waals surface area contributed by atoms with Crippen LogP contribution in [0, 0.1) is 0 Å². The average Bonchev–Trinajstić information content (AvgIpc) is 2.85. The molecule has 4 heteroatoms. The van der Waals surface area contributed by atoms with E-state index in [4.69, 9.17) is 4.74 Å². The van der Waals surface area contributed by atoms with Gasteiger partial charge in [-0.15, -0.1) is 0 Å². The van der Waals surface area contributed by atoms with Gasteiger partial charge in [-0.3, -0.25) is 0 Å². The summed E-state index contributed by atoms with van der Waals surface area (Å²) in [6.07, 6.45) is 3.97. The van der Waals surface area contributed by atoms with E-state index in [1.54, 1.807) is 11.9 Å². The summed E-state index contributed by atoms with van der Waals surface area (Å²) in [5.74, 6) is 0.0637. The van der Waals surface area contributed by atoms with Gasteiger partial charge < -0.3 is 14.7 Å². The quantitative estimate of drug-likeness (QED) is 0.811. The molecule has 0 bridgehead atoms. The van der Waals surface area contributed by atoms with Crippen molar-refractivity contribution < 1.29 is 14.6 Å². The first-order valence-corrected chi connectivity index (χ1v) is 9.92. The number of hydrogen-bond donors (Lipinski definition) is 1. The molecule has 4 nitrogen and oxygen atoms in total. The van der Waals surface area contributed by atoms with E-state index in [9.17, 15) is 9.90 Å². The number of hydrogen-bond acceptors (Lipinski definition) is 3. The van der Waals surface area contributed by atoms with Crippen molar-refractivity contribution in [2.24, 2.45) is 0 Å². The molecule has 0 aliphatic heterocycles. The lowest BCUT2D eigenvalue weighted by atomic mass is 9.98. The Morgan fingerprint density at radius 2 is 1.59 bits per heavy atom. The van der Waals surface area contributed by atoms with Crippen LogP contribution in [-0.4, -0.2) is 41.9 Å². The van der Waals surface area contributed by atoms with Crippen molar-refractivity contribution in [3.8, 4) is 11.1 Å². The summed E-state index contributed by atoms with van der Waals surface area (Å²) in [5.41, 5.74) is 4.87. The van der Waals surface area contributed by atoms with Gasteiger partial charge in [0.1, 0.15) is 6.61 Å². The second-order valence-corrected chi connectivity index (χ2v) is 7.69. The highest BCUT2D eigenvalue weighted by Gasteiger charge is 2.32. The second kappa shape index (κ2) is 7.73. The summed E-state index contributed by atoms with van der Waals surface area (Å²) < 4.78 is 5.72. The summed E-state index contributed by atoms with van der Waals surface area (Å²) in [5, 5.41) is 10.4. The molecule has 1 N–H and O–H groups in total. The van der Waals surface area contributed by atoms with Crippen LogP contribution in [0.5, 0.6) is 0 Å². The van der Waals surface area contributed by atoms with Gasteiger partial charge in [0.25, 0.3) is 0 Å². The number of benzene rings is 2. The van der Waals surface area contributed by atoms with E-state index < -0.39 is 6.10 Å². The normalized spacial score (nSPS) is 21.9. The smallest absolute Gasteiger partial charge is 0.409 e. The van der Waals surface area contributed by atoms with Crippen molar-refractivity contribution in [3.63, 3.8) is 0 Å². The number of ether oxygens (including phenoxy) is 1. The number of aliphatic hydroxyl groups excluding tert-OH is 1. The van der Waals surface area contributed by atoms with Gasteiger partial charge in [0.2, 0.25) is 0 Å². The molecule has 2 aromatic carbocycles. The minimum atomic E-state index is -0.460. The molecular formula is C23H27NO3. The molecule has 0 spiro atoms. The number of nitrogens with zero attached hydrogens (tertiary/aromatic N) is 1. The zero-order valence-electron chi connectivity index (χ0n) is 15.8. The van der Waals surface area contributed by atoms with Crippen LogP contribution >= 0.6 is 0 Å². The fourth-order valence-corrected chi connectivity index (χ4v) is 4.55. The minimum Gasteiger partial charge on any atom is -0.448 e. The molecule has 1 amide bonds. The van der Waals surface area contributed by atoms with Crippen molar-refractivity contribution in [1.29, 1.82) is 0 Å². The second-order valence-electron chi connectivity index (χ2n) is 7.69. The number of aliphatic hydroxyl groups is 1. The van der Waals surface area contributed by atoms with Crippen molar-refractivity contribution in [1.82, 2.24) is 4.90 Å². The summed E-state index contributed by atoms with van der Waals surface area (Å²) in [7, 11) is 1.75. The predicted octanol–water partition coefficient (Wildman–Crippen LogP) is 4.56. The topological polar surface area (TPSA) is 49.8 Å². The van der Waals surface area contributed by atoms with Crippen LogP contribution in [0.1, 0.15) is 49.1 Å². The molecule has 0 unspecified atom stereocenters. The fraction of sp³-hybridized carbons (Fsp3) is 0.435. The van der Waals surface area contributed by atoms with Gasteiger partial charge >= 0.3 is 6.09 Å². The predicted molar refractivity (Wildman–Crippen MR) is 106 cm³/mol. The number of fused-ring (bicyclic) bond motifs is 3. The first-order valence-electron chi connectivity index (χ1n) is 9.92. The van der Waals surface area contributed by atoms with Crippen LogP contribution < -0.4 is 0 Å². The zero-order valence-corrected chi connectivity index (χ0v) is 15.8. The lowest BCUT2D eigenvalue weighted by molar-refractivity contribution is 0.0406. The summed E-state index contributed by atoms with van der Waals surface area (Å²) >= 11 is 0. The molecular weight excluding hydrogens is 338 g/mol. The molecule has 1 saturated carbocycles. The Balaban J connectivity index is 1.47. The van der Waals surface area contributed by atoms with Gasteiger partial charge in [-0.2, -0.15) is 0 Å². The van der Waals surface area contributed by atoms with Crippen LogP contribution in [0.15, 0.2) is 48.5 Å². The molecule has 142 valence electrons. The molecule has 2 aliphatic rings. The maximum Gasteiger partial charge on any atom is 0.409 e. The van der Waals surface area contributed by atoms with Crippen molar-refractivity contribution in [2.45, 2.75) is 50.2 Å². The molecule has 1 fully saturated rings. The molecule has 2 aliphatic carbocycles. The standard InChI is InChI=1S/C23H27NO3/c1-24(21-13-3-2-4-14-22(21)25)23(26)27-15-20-18-11-7-5-9-16(18)17-10-6-8-12-19(17)20/h5-12,20-22,25H,2-4,13-15H2,1H3/t21-,22-/m1/s1. The van der Waals surface area contributed by atoms with Crippen LogP contribution in [0.4, 0.5) is 4.79 Å². The molecule has 0 saturated heterocycles. The number of carbonyl (C=O) groups excluding carboxylic acids is 1. The molecule has 27 heavy (non-hydrogen) atoms. The Hall–Kier alpha value is -2.33. The third-order valence-corrected chi connectivity index (χ3v) is 6.07. The van der Waals surface area contributed by atoms with Crippen molar-refractivity contribution in [2.75, 3.05) is 13.7 Å². The van der Waals surface area contributed by atoms with Gasteiger partial charge in [-0.1, -0.05) is 67.8 Å². The van der Waals surface area contributed by atoms with Crippen LogP contribution in [-0.2, 0) is 4.74 Å². The van der Waals surface area contributed by atoms with E-state index in [2.05, 4.69) is 24.3 Å². The summed E-state index contributed by atoms with van der Waals surface area (Å²) in [6.45, 7) is 0.319. The highest BCUT2D eigenvalue weighted by atomic mass is 16.6. The number of carbonyl (C=O) groups is 1. The number of likely N-dealkylation sites (N-methyl/N-ethyl adjacent to an activating group) is 1. The van der Waals surface area contributed by atoms with E-state index in [0.29, 0.717) is 6.61 Å². The third-order valence-electron chi connectivity index (χ3n) is 6.07. The van der Waals surface area contributed by atoms with Crippen LogP contribution in [0.25, 0.3) is 11.1 Å².